The first kappa shape index (κ1) is 13.8. The summed E-state index contributed by atoms with van der Waals surface area (Å²) in [5, 5.41) is 8.77. The summed E-state index contributed by atoms with van der Waals surface area (Å²) < 4.78 is 25.2. The van der Waals surface area contributed by atoms with Crippen molar-refractivity contribution < 1.29 is 18.5 Å². The van der Waals surface area contributed by atoms with Crippen molar-refractivity contribution >= 4 is 16.8 Å². The van der Waals surface area contributed by atoms with Gasteiger partial charge in [-0.2, -0.15) is 0 Å². The fourth-order valence-electron chi connectivity index (χ4n) is 1.30. The molecule has 0 spiro atoms. The maximum Gasteiger partial charge on any atom is 0.335 e. The zero-order valence-electron chi connectivity index (χ0n) is 9.77. The summed E-state index contributed by atoms with van der Waals surface area (Å²) in [6.07, 6.45) is 0.743. The van der Waals surface area contributed by atoms with Gasteiger partial charge in [-0.1, -0.05) is 13.8 Å². The first-order valence-corrected chi connectivity index (χ1v) is 6.72. The van der Waals surface area contributed by atoms with Gasteiger partial charge in [0.2, 0.25) is 0 Å². The lowest BCUT2D eigenvalue weighted by atomic mass is 10.1. The molecule has 2 unspecified atom stereocenters. The average molecular weight is 258 g/mol. The molecule has 0 aromatic heterocycles. The van der Waals surface area contributed by atoms with Crippen molar-refractivity contribution in [1.82, 2.24) is 0 Å². The van der Waals surface area contributed by atoms with Gasteiger partial charge >= 0.3 is 5.97 Å². The summed E-state index contributed by atoms with van der Waals surface area (Å²) >= 11 is 0. The summed E-state index contributed by atoms with van der Waals surface area (Å²) in [7, 11) is -1.18. The van der Waals surface area contributed by atoms with E-state index in [1.165, 1.54) is 12.1 Å². The van der Waals surface area contributed by atoms with E-state index in [9.17, 15) is 13.4 Å². The van der Waals surface area contributed by atoms with E-state index in [0.29, 0.717) is 0 Å². The number of rotatable bonds is 5. The van der Waals surface area contributed by atoms with Crippen LogP contribution in [0.15, 0.2) is 18.2 Å². The molecule has 94 valence electrons. The highest BCUT2D eigenvalue weighted by atomic mass is 32.2. The average Bonchev–Trinajstić information content (AvgIpc) is 2.30. The second-order valence-electron chi connectivity index (χ2n) is 3.86. The highest BCUT2D eigenvalue weighted by molar-refractivity contribution is 7.84. The molecule has 17 heavy (non-hydrogen) atoms. The quantitative estimate of drug-likeness (QED) is 0.883. The fourth-order valence-corrected chi connectivity index (χ4v) is 2.48. The number of carboxylic acids is 1. The van der Waals surface area contributed by atoms with E-state index in [1.54, 1.807) is 0 Å². The zero-order chi connectivity index (χ0) is 13.0. The van der Waals surface area contributed by atoms with Crippen LogP contribution in [0.25, 0.3) is 0 Å². The van der Waals surface area contributed by atoms with Crippen LogP contribution >= 0.6 is 0 Å². The molecule has 0 radical (unpaired) electrons. The molecule has 1 N–H and O–H groups in total. The van der Waals surface area contributed by atoms with Gasteiger partial charge in [0.1, 0.15) is 5.82 Å². The van der Waals surface area contributed by atoms with E-state index in [1.807, 2.05) is 13.8 Å². The molecule has 0 saturated carbocycles. The summed E-state index contributed by atoms with van der Waals surface area (Å²) in [6, 6.07) is 3.55. The molecule has 0 heterocycles. The van der Waals surface area contributed by atoms with Gasteiger partial charge in [0, 0.05) is 21.6 Å². The predicted octanol–water partition coefficient (Wildman–Crippen LogP) is 2.57. The molecule has 0 aliphatic heterocycles. The Hall–Kier alpha value is -1.23. The second kappa shape index (κ2) is 5.91. The number of aromatic carboxylic acids is 1. The standard InChI is InChI=1S/C12H15FO3S/c1-3-8(2)17(16)7-10-6-9(12(14)15)4-5-11(10)13/h4-6,8H,3,7H2,1-2H3,(H,14,15). The Morgan fingerprint density at radius 3 is 2.71 bits per heavy atom. The van der Waals surface area contributed by atoms with Crippen LogP contribution in [0.2, 0.25) is 0 Å². The Labute approximate surface area is 102 Å². The Bertz CT molecular complexity index is 445. The molecule has 0 bridgehead atoms. The third-order valence-corrected chi connectivity index (χ3v) is 4.44. The minimum Gasteiger partial charge on any atom is -0.478 e. The number of carboxylic acid groups (broad SMARTS) is 1. The van der Waals surface area contributed by atoms with Gasteiger partial charge in [0.05, 0.1) is 11.3 Å². The molecule has 0 aliphatic rings. The zero-order valence-corrected chi connectivity index (χ0v) is 10.6. The first-order chi connectivity index (χ1) is 7.95. The van der Waals surface area contributed by atoms with E-state index in [4.69, 9.17) is 5.11 Å². The smallest absolute Gasteiger partial charge is 0.335 e. The molecular formula is C12H15FO3S. The SMILES string of the molecule is CCC(C)S(=O)Cc1cc(C(=O)O)ccc1F. The summed E-state index contributed by atoms with van der Waals surface area (Å²) in [4.78, 5) is 10.7. The molecule has 0 fully saturated rings. The Morgan fingerprint density at radius 2 is 2.18 bits per heavy atom. The maximum atomic E-state index is 13.4. The van der Waals surface area contributed by atoms with Crippen LogP contribution in [0.3, 0.4) is 0 Å². The fraction of sp³-hybridized carbons (Fsp3) is 0.417. The molecule has 5 heteroatoms. The molecule has 0 amide bonds. The van der Waals surface area contributed by atoms with Gasteiger partial charge in [-0.3, -0.25) is 4.21 Å². The van der Waals surface area contributed by atoms with Crippen molar-refractivity contribution in [3.63, 3.8) is 0 Å². The van der Waals surface area contributed by atoms with Gasteiger partial charge in [-0.25, -0.2) is 9.18 Å². The van der Waals surface area contributed by atoms with Crippen molar-refractivity contribution in [2.45, 2.75) is 31.3 Å². The first-order valence-electron chi connectivity index (χ1n) is 5.34. The second-order valence-corrected chi connectivity index (χ2v) is 5.71. The topological polar surface area (TPSA) is 54.4 Å². The number of hydrogen-bond donors (Lipinski definition) is 1. The minimum atomic E-state index is -1.18. The van der Waals surface area contributed by atoms with E-state index < -0.39 is 22.6 Å². The van der Waals surface area contributed by atoms with Crippen LogP contribution in [-0.4, -0.2) is 20.5 Å². The Morgan fingerprint density at radius 1 is 1.53 bits per heavy atom. The highest BCUT2D eigenvalue weighted by Gasteiger charge is 2.14. The van der Waals surface area contributed by atoms with Gasteiger partial charge in [-0.05, 0) is 24.6 Å². The normalized spacial score (nSPS) is 14.3. The van der Waals surface area contributed by atoms with Crippen LogP contribution in [0.4, 0.5) is 4.39 Å². The summed E-state index contributed by atoms with van der Waals surface area (Å²) in [5.41, 5.74) is 0.214. The summed E-state index contributed by atoms with van der Waals surface area (Å²) in [5.74, 6) is -1.56. The van der Waals surface area contributed by atoms with E-state index >= 15 is 0 Å². The number of benzene rings is 1. The molecule has 1 rings (SSSR count). The molecule has 1 aromatic rings. The Balaban J connectivity index is 2.94. The van der Waals surface area contributed by atoms with E-state index in [2.05, 4.69) is 0 Å². The number of halogens is 1. The largest absolute Gasteiger partial charge is 0.478 e. The molecule has 3 nitrogen and oxygen atoms in total. The lowest BCUT2D eigenvalue weighted by Gasteiger charge is -2.09. The number of carbonyl (C=O) groups is 1. The highest BCUT2D eigenvalue weighted by Crippen LogP contribution is 2.15. The Kier molecular flexibility index (Phi) is 4.81. The molecule has 1 aromatic carbocycles. The molecule has 0 saturated heterocycles. The minimum absolute atomic E-state index is 0.0163. The van der Waals surface area contributed by atoms with Crippen molar-refractivity contribution in [3.8, 4) is 0 Å². The van der Waals surface area contributed by atoms with Crippen LogP contribution in [0, 0.1) is 5.82 Å². The predicted molar refractivity (Wildman–Crippen MR) is 65.0 cm³/mol. The molecule has 0 aliphatic carbocycles. The van der Waals surface area contributed by atoms with Gasteiger partial charge < -0.3 is 5.11 Å². The van der Waals surface area contributed by atoms with Crippen LogP contribution in [0.1, 0.15) is 36.2 Å². The molecule has 2 atom stereocenters. The van der Waals surface area contributed by atoms with E-state index in [0.717, 1.165) is 12.5 Å². The molecular weight excluding hydrogens is 243 g/mol. The lowest BCUT2D eigenvalue weighted by molar-refractivity contribution is 0.0696. The monoisotopic (exact) mass is 258 g/mol. The maximum absolute atomic E-state index is 13.4. The van der Waals surface area contributed by atoms with Crippen LogP contribution in [-0.2, 0) is 16.6 Å². The lowest BCUT2D eigenvalue weighted by Crippen LogP contribution is -2.12. The van der Waals surface area contributed by atoms with Gasteiger partial charge in [0.15, 0.2) is 0 Å². The van der Waals surface area contributed by atoms with Crippen molar-refractivity contribution in [2.75, 3.05) is 0 Å². The number of hydrogen-bond acceptors (Lipinski definition) is 2. The van der Waals surface area contributed by atoms with Crippen LogP contribution < -0.4 is 0 Å². The van der Waals surface area contributed by atoms with Crippen molar-refractivity contribution in [3.05, 3.63) is 35.1 Å². The third-order valence-electron chi connectivity index (χ3n) is 2.61. The third kappa shape index (κ3) is 3.63. The van der Waals surface area contributed by atoms with Gasteiger partial charge in [0.25, 0.3) is 0 Å². The van der Waals surface area contributed by atoms with Crippen molar-refractivity contribution in [2.24, 2.45) is 0 Å². The van der Waals surface area contributed by atoms with E-state index in [-0.39, 0.29) is 22.1 Å². The van der Waals surface area contributed by atoms with Crippen molar-refractivity contribution in [1.29, 1.82) is 0 Å². The summed E-state index contributed by atoms with van der Waals surface area (Å²) in [6.45, 7) is 3.74. The van der Waals surface area contributed by atoms with Gasteiger partial charge in [-0.15, -0.1) is 0 Å². The van der Waals surface area contributed by atoms with Crippen LogP contribution in [0.5, 0.6) is 0 Å².